The molecule has 0 radical (unpaired) electrons. The fourth-order valence-corrected chi connectivity index (χ4v) is 4.48. The van der Waals surface area contributed by atoms with Crippen molar-refractivity contribution in [1.29, 1.82) is 0 Å². The van der Waals surface area contributed by atoms with E-state index < -0.39 is 28.7 Å². The van der Waals surface area contributed by atoms with E-state index in [-0.39, 0.29) is 47.9 Å². The van der Waals surface area contributed by atoms with Crippen LogP contribution in [-0.4, -0.2) is 77.8 Å². The van der Waals surface area contributed by atoms with Gasteiger partial charge < -0.3 is 30.1 Å². The molecule has 1 fully saturated rings. The fraction of sp³-hybridized carbons (Fsp3) is 0.308. The Bertz CT molecular complexity index is 1490. The first-order valence-electron chi connectivity index (χ1n) is 12.1. The van der Waals surface area contributed by atoms with Gasteiger partial charge in [0.2, 0.25) is 5.76 Å². The topological polar surface area (TPSA) is 135 Å². The molecule has 2 aliphatic heterocycles. The van der Waals surface area contributed by atoms with Crippen molar-refractivity contribution in [2.24, 2.45) is 0 Å². The Balaban J connectivity index is 1.66. The molecular formula is C26H26FN5O6. The molecule has 0 atom stereocenters. The van der Waals surface area contributed by atoms with Crippen molar-refractivity contribution in [3.05, 3.63) is 69.1 Å². The number of hydrogen-bond acceptors (Lipinski definition) is 8. The van der Waals surface area contributed by atoms with E-state index >= 15 is 0 Å². The van der Waals surface area contributed by atoms with Gasteiger partial charge in [-0.15, -0.1) is 0 Å². The first-order valence-corrected chi connectivity index (χ1v) is 12.1. The Labute approximate surface area is 216 Å². The zero-order valence-corrected chi connectivity index (χ0v) is 20.6. The average molecular weight is 524 g/mol. The highest BCUT2D eigenvalue weighted by atomic mass is 19.1. The number of hydrogen-bond donors (Lipinski definition) is 3. The summed E-state index contributed by atoms with van der Waals surface area (Å²) in [6.45, 7) is 2.47. The van der Waals surface area contributed by atoms with Crippen LogP contribution in [0.2, 0.25) is 0 Å². The number of methoxy groups -OCH3 is 1. The van der Waals surface area contributed by atoms with E-state index in [0.717, 1.165) is 10.1 Å². The van der Waals surface area contributed by atoms with Gasteiger partial charge in [-0.3, -0.25) is 23.9 Å². The van der Waals surface area contributed by atoms with Crippen molar-refractivity contribution in [3.8, 4) is 11.5 Å². The Hall–Kier alpha value is -4.29. The van der Waals surface area contributed by atoms with Gasteiger partial charge in [-0.2, -0.15) is 0 Å². The molecule has 2 aliphatic rings. The molecule has 5 rings (SSSR count). The second kappa shape index (κ2) is 10.6. The molecular weight excluding hydrogens is 497 g/mol. The Morgan fingerprint density at radius 3 is 2.68 bits per heavy atom. The molecule has 1 saturated heterocycles. The number of aromatic hydroxyl groups is 1. The molecule has 4 heterocycles. The lowest BCUT2D eigenvalue weighted by Gasteiger charge is -2.29. The summed E-state index contributed by atoms with van der Waals surface area (Å²) in [6.07, 6.45) is 2.93. The molecule has 0 aliphatic carbocycles. The summed E-state index contributed by atoms with van der Waals surface area (Å²) in [7, 11) is 1.47. The monoisotopic (exact) mass is 523 g/mol. The molecule has 3 N–H and O–H groups in total. The van der Waals surface area contributed by atoms with Crippen molar-refractivity contribution in [1.82, 2.24) is 25.1 Å². The smallest absolute Gasteiger partial charge is 0.291 e. The van der Waals surface area contributed by atoms with E-state index in [1.165, 1.54) is 31.6 Å². The van der Waals surface area contributed by atoms with E-state index in [1.807, 2.05) is 0 Å². The van der Waals surface area contributed by atoms with Crippen LogP contribution in [0.4, 0.5) is 4.39 Å². The van der Waals surface area contributed by atoms with Crippen LogP contribution in [-0.2, 0) is 16.0 Å². The third-order valence-corrected chi connectivity index (χ3v) is 6.42. The molecule has 0 saturated carbocycles. The van der Waals surface area contributed by atoms with Gasteiger partial charge in [0.25, 0.3) is 17.4 Å². The minimum atomic E-state index is -0.833. The quantitative estimate of drug-likeness (QED) is 0.388. The molecule has 2 amide bonds. The molecule has 38 heavy (non-hydrogen) atoms. The number of benzene rings is 1. The number of nitrogens with one attached hydrogen (secondary N) is 2. The van der Waals surface area contributed by atoms with E-state index in [4.69, 9.17) is 9.47 Å². The summed E-state index contributed by atoms with van der Waals surface area (Å²) in [4.78, 5) is 45.7. The van der Waals surface area contributed by atoms with Gasteiger partial charge in [-0.25, -0.2) is 4.39 Å². The molecule has 3 aromatic rings. The molecule has 0 spiro atoms. The van der Waals surface area contributed by atoms with E-state index in [0.29, 0.717) is 31.7 Å². The zero-order valence-electron chi connectivity index (χ0n) is 20.6. The molecule has 12 heteroatoms. The van der Waals surface area contributed by atoms with Crippen molar-refractivity contribution in [3.63, 3.8) is 0 Å². The summed E-state index contributed by atoms with van der Waals surface area (Å²) in [6, 6.07) is 5.86. The third kappa shape index (κ3) is 4.71. The van der Waals surface area contributed by atoms with Gasteiger partial charge in [-0.1, -0.05) is 12.1 Å². The molecule has 198 valence electrons. The van der Waals surface area contributed by atoms with Crippen LogP contribution in [0.1, 0.15) is 21.5 Å². The number of ether oxygens (including phenoxy) is 2. The van der Waals surface area contributed by atoms with Crippen LogP contribution in [0.15, 0.2) is 41.0 Å². The van der Waals surface area contributed by atoms with Crippen LogP contribution in [0, 0.1) is 5.82 Å². The second-order valence-electron chi connectivity index (χ2n) is 8.90. The number of rotatable bonds is 7. The summed E-state index contributed by atoms with van der Waals surface area (Å²) in [5.41, 5.74) is -0.00943. The maximum absolute atomic E-state index is 13.6. The summed E-state index contributed by atoms with van der Waals surface area (Å²) in [5.74, 6) is -2.15. The van der Waals surface area contributed by atoms with Gasteiger partial charge in [0.05, 0.1) is 12.8 Å². The van der Waals surface area contributed by atoms with Crippen LogP contribution in [0.3, 0.4) is 0 Å². The van der Waals surface area contributed by atoms with Crippen molar-refractivity contribution in [2.75, 3.05) is 46.4 Å². The van der Waals surface area contributed by atoms with Gasteiger partial charge in [0, 0.05) is 58.0 Å². The number of aromatic nitrogens is 2. The number of nitrogens with zero attached hydrogens (tertiary/aromatic N) is 3. The second-order valence-corrected chi connectivity index (χ2v) is 8.90. The van der Waals surface area contributed by atoms with Gasteiger partial charge >= 0.3 is 0 Å². The highest BCUT2D eigenvalue weighted by Gasteiger charge is 2.32. The minimum absolute atomic E-state index is 0.0377. The largest absolute Gasteiger partial charge is 0.505 e. The fourth-order valence-electron chi connectivity index (χ4n) is 4.48. The Morgan fingerprint density at radius 1 is 1.24 bits per heavy atom. The Kier molecular flexibility index (Phi) is 7.07. The maximum Gasteiger partial charge on any atom is 0.291 e. The maximum atomic E-state index is 13.6. The van der Waals surface area contributed by atoms with Crippen LogP contribution >= 0.6 is 0 Å². The van der Waals surface area contributed by atoms with Gasteiger partial charge in [0.15, 0.2) is 11.5 Å². The molecule has 2 aromatic heterocycles. The lowest BCUT2D eigenvalue weighted by atomic mass is 10.0. The summed E-state index contributed by atoms with van der Waals surface area (Å²) < 4.78 is 25.6. The highest BCUT2D eigenvalue weighted by Crippen LogP contribution is 2.38. The Morgan fingerprint density at radius 2 is 1.97 bits per heavy atom. The first kappa shape index (κ1) is 25.4. The molecule has 1 aromatic carbocycles. The van der Waals surface area contributed by atoms with Crippen molar-refractivity contribution >= 4 is 29.0 Å². The standard InChI is InChI=1S/C26H26FN5O6/c1-37-11-8-29-24(34)19-22(33)20-21-23(16(13-30-20)12-15-2-4-17(27)5-3-15)38-18(14-32(21)26(19)36)25(35)31-9-6-28-7-10-31/h2-5,13-14,28,33H,6-12H2,1H3,(H,29,34). The number of piperazine rings is 1. The number of amides is 2. The average Bonchev–Trinajstić information content (AvgIpc) is 2.93. The summed E-state index contributed by atoms with van der Waals surface area (Å²) in [5, 5.41) is 16.7. The van der Waals surface area contributed by atoms with Crippen LogP contribution in [0.25, 0.3) is 17.2 Å². The van der Waals surface area contributed by atoms with Crippen LogP contribution in [0.5, 0.6) is 11.5 Å². The normalized spacial score (nSPS) is 14.7. The summed E-state index contributed by atoms with van der Waals surface area (Å²) >= 11 is 0. The molecule has 0 unspecified atom stereocenters. The number of carbonyl (C=O) groups is 2. The van der Waals surface area contributed by atoms with E-state index in [1.54, 1.807) is 17.0 Å². The predicted octanol–water partition coefficient (Wildman–Crippen LogP) is 0.831. The van der Waals surface area contributed by atoms with Crippen molar-refractivity contribution < 1.29 is 28.6 Å². The van der Waals surface area contributed by atoms with Crippen molar-refractivity contribution in [2.45, 2.75) is 6.42 Å². The zero-order chi connectivity index (χ0) is 26.8. The molecule has 0 bridgehead atoms. The molecule has 11 nitrogen and oxygen atoms in total. The van der Waals surface area contributed by atoms with E-state index in [9.17, 15) is 23.9 Å². The third-order valence-electron chi connectivity index (χ3n) is 6.42. The lowest BCUT2D eigenvalue weighted by molar-refractivity contribution is -0.129. The first-order chi connectivity index (χ1) is 18.4. The van der Waals surface area contributed by atoms with Crippen LogP contribution < -0.4 is 20.9 Å². The number of pyridine rings is 2. The number of carbonyl (C=O) groups excluding carboxylic acids is 2. The highest BCUT2D eigenvalue weighted by molar-refractivity contribution is 6.04. The van der Waals surface area contributed by atoms with Gasteiger partial charge in [0.1, 0.15) is 22.4 Å². The van der Waals surface area contributed by atoms with Gasteiger partial charge in [-0.05, 0) is 17.7 Å². The lowest BCUT2D eigenvalue weighted by Crippen LogP contribution is -2.47. The SMILES string of the molecule is COCCNC(=O)c1c(O)c2ncc(Cc3ccc(F)cc3)c3c2n(c1=O)C=C(C(=O)N1CCNCC1)O3. The minimum Gasteiger partial charge on any atom is -0.505 e. The van der Waals surface area contributed by atoms with E-state index in [2.05, 4.69) is 15.6 Å². The predicted molar refractivity (Wildman–Crippen MR) is 135 cm³/mol. The number of halogens is 1.